The number of nitrogens with one attached hydrogen (secondary N) is 1. The van der Waals surface area contributed by atoms with Crippen LogP contribution in [0, 0.1) is 0 Å². The highest BCUT2D eigenvalue weighted by Gasteiger charge is 2.16. The standard InChI is InChI=1S/C15H13BrN2O2/c1-19-12-8-7-9(13(16)14(12)20-2)15-17-10-5-3-4-6-11(10)18-15/h3-8H,1-2H3,(H,17,18). The van der Waals surface area contributed by atoms with E-state index in [2.05, 4.69) is 25.9 Å². The van der Waals surface area contributed by atoms with Crippen molar-refractivity contribution in [3.63, 3.8) is 0 Å². The number of H-pyrrole nitrogens is 1. The van der Waals surface area contributed by atoms with Gasteiger partial charge >= 0.3 is 0 Å². The van der Waals surface area contributed by atoms with Crippen LogP contribution < -0.4 is 9.47 Å². The fourth-order valence-electron chi connectivity index (χ4n) is 2.15. The molecule has 0 aliphatic rings. The maximum absolute atomic E-state index is 5.39. The first kappa shape index (κ1) is 13.0. The lowest BCUT2D eigenvalue weighted by Gasteiger charge is -2.11. The number of aromatic amines is 1. The summed E-state index contributed by atoms with van der Waals surface area (Å²) in [5.74, 6) is 2.13. The molecule has 0 aliphatic heterocycles. The maximum atomic E-state index is 5.39. The summed E-state index contributed by atoms with van der Waals surface area (Å²) in [5.41, 5.74) is 2.87. The molecule has 0 atom stereocenters. The Labute approximate surface area is 124 Å². The SMILES string of the molecule is COc1ccc(-c2nc3ccccc3[nH]2)c(Br)c1OC. The minimum atomic E-state index is 0.658. The molecule has 1 N–H and O–H groups in total. The van der Waals surface area contributed by atoms with E-state index in [0.29, 0.717) is 11.5 Å². The summed E-state index contributed by atoms with van der Waals surface area (Å²) >= 11 is 3.56. The molecule has 102 valence electrons. The first-order valence-electron chi connectivity index (χ1n) is 6.10. The molecule has 0 unspecified atom stereocenters. The van der Waals surface area contributed by atoms with Gasteiger partial charge in [-0.1, -0.05) is 12.1 Å². The van der Waals surface area contributed by atoms with Gasteiger partial charge in [0.05, 0.1) is 29.7 Å². The predicted octanol–water partition coefficient (Wildman–Crippen LogP) is 4.01. The molecule has 1 heterocycles. The van der Waals surface area contributed by atoms with Crippen molar-refractivity contribution in [1.82, 2.24) is 9.97 Å². The van der Waals surface area contributed by atoms with Gasteiger partial charge in [0.25, 0.3) is 0 Å². The normalized spacial score (nSPS) is 10.8. The lowest BCUT2D eigenvalue weighted by atomic mass is 10.2. The molecule has 0 radical (unpaired) electrons. The van der Waals surface area contributed by atoms with Crippen molar-refractivity contribution in [1.29, 1.82) is 0 Å². The average Bonchev–Trinajstić information content (AvgIpc) is 2.90. The zero-order valence-corrected chi connectivity index (χ0v) is 12.7. The number of hydrogen-bond acceptors (Lipinski definition) is 3. The summed E-state index contributed by atoms with van der Waals surface area (Å²) in [5, 5.41) is 0. The van der Waals surface area contributed by atoms with Crippen molar-refractivity contribution in [2.24, 2.45) is 0 Å². The van der Waals surface area contributed by atoms with Crippen LogP contribution in [-0.4, -0.2) is 24.2 Å². The van der Waals surface area contributed by atoms with E-state index in [4.69, 9.17) is 9.47 Å². The Hall–Kier alpha value is -2.01. The Kier molecular flexibility index (Phi) is 3.36. The quantitative estimate of drug-likeness (QED) is 0.788. The van der Waals surface area contributed by atoms with Crippen LogP contribution in [0.3, 0.4) is 0 Å². The number of hydrogen-bond donors (Lipinski definition) is 1. The van der Waals surface area contributed by atoms with Crippen LogP contribution in [-0.2, 0) is 0 Å². The number of ether oxygens (including phenoxy) is 2. The molecule has 4 nitrogen and oxygen atoms in total. The van der Waals surface area contributed by atoms with Crippen LogP contribution in [0.2, 0.25) is 0 Å². The van der Waals surface area contributed by atoms with Gasteiger partial charge in [-0.15, -0.1) is 0 Å². The van der Waals surface area contributed by atoms with E-state index >= 15 is 0 Å². The third kappa shape index (κ3) is 2.04. The molecule has 5 heteroatoms. The molecule has 3 rings (SSSR count). The van der Waals surface area contributed by atoms with Gasteiger partial charge in [-0.05, 0) is 40.2 Å². The van der Waals surface area contributed by atoms with E-state index in [1.165, 1.54) is 0 Å². The molecule has 0 saturated carbocycles. The second-order valence-electron chi connectivity index (χ2n) is 4.27. The van der Waals surface area contributed by atoms with Crippen molar-refractivity contribution < 1.29 is 9.47 Å². The van der Waals surface area contributed by atoms with Gasteiger partial charge < -0.3 is 14.5 Å². The Bertz CT molecular complexity index is 735. The van der Waals surface area contributed by atoms with Crippen LogP contribution in [0.4, 0.5) is 0 Å². The van der Waals surface area contributed by atoms with Gasteiger partial charge in [-0.3, -0.25) is 0 Å². The minimum Gasteiger partial charge on any atom is -0.493 e. The molecule has 0 bridgehead atoms. The van der Waals surface area contributed by atoms with Crippen LogP contribution in [0.5, 0.6) is 11.5 Å². The number of methoxy groups -OCH3 is 2. The summed E-state index contributed by atoms with van der Waals surface area (Å²) in [4.78, 5) is 7.90. The summed E-state index contributed by atoms with van der Waals surface area (Å²) in [7, 11) is 3.23. The zero-order chi connectivity index (χ0) is 14.1. The van der Waals surface area contributed by atoms with Crippen molar-refractivity contribution in [2.75, 3.05) is 14.2 Å². The Balaban J connectivity index is 2.18. The van der Waals surface area contributed by atoms with Gasteiger partial charge in [0.1, 0.15) is 5.82 Å². The van der Waals surface area contributed by atoms with Crippen molar-refractivity contribution in [2.45, 2.75) is 0 Å². The van der Waals surface area contributed by atoms with E-state index < -0.39 is 0 Å². The van der Waals surface area contributed by atoms with Gasteiger partial charge in [0, 0.05) is 5.56 Å². The summed E-state index contributed by atoms with van der Waals surface area (Å²) in [6.45, 7) is 0. The van der Waals surface area contributed by atoms with E-state index in [1.807, 2.05) is 36.4 Å². The van der Waals surface area contributed by atoms with Crippen molar-refractivity contribution in [3.05, 3.63) is 40.9 Å². The number of aromatic nitrogens is 2. The number of halogens is 1. The monoisotopic (exact) mass is 332 g/mol. The summed E-state index contributed by atoms with van der Waals surface area (Å²) in [6.07, 6.45) is 0. The highest BCUT2D eigenvalue weighted by molar-refractivity contribution is 9.10. The van der Waals surface area contributed by atoms with Gasteiger partial charge in [-0.2, -0.15) is 0 Å². The largest absolute Gasteiger partial charge is 0.493 e. The molecule has 0 spiro atoms. The summed E-state index contributed by atoms with van der Waals surface area (Å²) < 4.78 is 11.5. The molecule has 1 aromatic heterocycles. The predicted molar refractivity (Wildman–Crippen MR) is 82.3 cm³/mol. The van der Waals surface area contributed by atoms with E-state index in [-0.39, 0.29) is 0 Å². The fourth-order valence-corrected chi connectivity index (χ4v) is 2.83. The second kappa shape index (κ2) is 5.17. The smallest absolute Gasteiger partial charge is 0.175 e. The van der Waals surface area contributed by atoms with Gasteiger partial charge in [-0.25, -0.2) is 4.98 Å². The van der Waals surface area contributed by atoms with Crippen molar-refractivity contribution in [3.8, 4) is 22.9 Å². The second-order valence-corrected chi connectivity index (χ2v) is 5.06. The van der Waals surface area contributed by atoms with Crippen LogP contribution in [0.25, 0.3) is 22.4 Å². The number of rotatable bonds is 3. The Morgan fingerprint density at radius 1 is 1.05 bits per heavy atom. The first-order chi connectivity index (χ1) is 9.74. The number of para-hydroxylation sites is 2. The minimum absolute atomic E-state index is 0.658. The number of nitrogens with zero attached hydrogens (tertiary/aromatic N) is 1. The van der Waals surface area contributed by atoms with Crippen LogP contribution in [0.15, 0.2) is 40.9 Å². The topological polar surface area (TPSA) is 47.1 Å². The molecule has 0 amide bonds. The molecule has 3 aromatic rings. The number of fused-ring (bicyclic) bond motifs is 1. The molecule has 2 aromatic carbocycles. The lowest BCUT2D eigenvalue weighted by molar-refractivity contribution is 0.353. The fraction of sp³-hybridized carbons (Fsp3) is 0.133. The van der Waals surface area contributed by atoms with E-state index in [0.717, 1.165) is 26.9 Å². The van der Waals surface area contributed by atoms with E-state index in [1.54, 1.807) is 14.2 Å². The highest BCUT2D eigenvalue weighted by Crippen LogP contribution is 2.41. The zero-order valence-electron chi connectivity index (χ0n) is 11.1. The molecule has 0 fully saturated rings. The van der Waals surface area contributed by atoms with Gasteiger partial charge in [0.2, 0.25) is 0 Å². The molecule has 0 aliphatic carbocycles. The molecular weight excluding hydrogens is 320 g/mol. The molecule has 0 saturated heterocycles. The lowest BCUT2D eigenvalue weighted by Crippen LogP contribution is -1.93. The van der Waals surface area contributed by atoms with Gasteiger partial charge in [0.15, 0.2) is 11.5 Å². The molecule has 20 heavy (non-hydrogen) atoms. The Morgan fingerprint density at radius 3 is 2.55 bits per heavy atom. The third-order valence-electron chi connectivity index (χ3n) is 3.13. The third-order valence-corrected chi connectivity index (χ3v) is 3.92. The first-order valence-corrected chi connectivity index (χ1v) is 6.89. The number of imidazole rings is 1. The van der Waals surface area contributed by atoms with E-state index in [9.17, 15) is 0 Å². The van der Waals surface area contributed by atoms with Crippen LogP contribution >= 0.6 is 15.9 Å². The van der Waals surface area contributed by atoms with Crippen LogP contribution in [0.1, 0.15) is 0 Å². The average molecular weight is 333 g/mol. The molecular formula is C15H13BrN2O2. The summed E-state index contributed by atoms with van der Waals surface area (Å²) in [6, 6.07) is 11.7. The highest BCUT2D eigenvalue weighted by atomic mass is 79.9. The van der Waals surface area contributed by atoms with Crippen molar-refractivity contribution >= 4 is 27.0 Å². The maximum Gasteiger partial charge on any atom is 0.175 e. The number of benzene rings is 2. The Morgan fingerprint density at radius 2 is 1.85 bits per heavy atom.